The second kappa shape index (κ2) is 9.22. The van der Waals surface area contributed by atoms with Gasteiger partial charge in [0.2, 0.25) is 5.88 Å². The molecule has 0 saturated carbocycles. The minimum absolute atomic E-state index is 0.106. The highest BCUT2D eigenvalue weighted by atomic mass is 16.6. The summed E-state index contributed by atoms with van der Waals surface area (Å²) in [6.45, 7) is 1.28. The van der Waals surface area contributed by atoms with Crippen molar-refractivity contribution in [3.05, 3.63) is 66.6 Å². The smallest absolute Gasteiger partial charge is 0.390 e. The van der Waals surface area contributed by atoms with Crippen molar-refractivity contribution in [2.45, 2.75) is 12.5 Å². The van der Waals surface area contributed by atoms with Crippen molar-refractivity contribution >= 4 is 23.3 Å². The maximum absolute atomic E-state index is 13.1. The Labute approximate surface area is 202 Å². The molecule has 1 unspecified atom stereocenters. The molecule has 4 aromatic rings. The Morgan fingerprint density at radius 3 is 2.71 bits per heavy atom. The van der Waals surface area contributed by atoms with Crippen LogP contribution in [0.2, 0.25) is 0 Å². The van der Waals surface area contributed by atoms with Crippen LogP contribution in [-0.2, 0) is 7.05 Å². The van der Waals surface area contributed by atoms with Crippen LogP contribution in [0.3, 0.4) is 0 Å². The lowest BCUT2D eigenvalue weighted by atomic mass is 10.2. The molecule has 5 rings (SSSR count). The number of carbonyl (C=O) groups is 2. The standard InChI is InChI=1S/C25H27N7O3/c1-29(2)19-10-12-32(15-19)23(33)20-14-26-30(3)24(20)35-25(34)27-18-9-11-31-16-21(28-22(31)13-18)17-7-5-4-6-8-17/h4-9,11,13-14,16,19H,10,12,15H2,1-3H3,(H,27,34). The largest absolute Gasteiger partial charge is 0.418 e. The summed E-state index contributed by atoms with van der Waals surface area (Å²) in [5.74, 6) is -0.0912. The summed E-state index contributed by atoms with van der Waals surface area (Å²) in [4.78, 5) is 34.3. The van der Waals surface area contributed by atoms with E-state index in [4.69, 9.17) is 4.74 Å². The number of amides is 2. The number of nitrogens with zero attached hydrogens (tertiary/aromatic N) is 6. The van der Waals surface area contributed by atoms with Gasteiger partial charge in [0, 0.05) is 55.9 Å². The van der Waals surface area contributed by atoms with Gasteiger partial charge in [0.1, 0.15) is 11.2 Å². The third-order valence-corrected chi connectivity index (χ3v) is 6.26. The van der Waals surface area contributed by atoms with E-state index in [-0.39, 0.29) is 17.4 Å². The third-order valence-electron chi connectivity index (χ3n) is 6.26. The fourth-order valence-corrected chi connectivity index (χ4v) is 4.25. The predicted octanol–water partition coefficient (Wildman–Crippen LogP) is 3.12. The van der Waals surface area contributed by atoms with Gasteiger partial charge in [-0.25, -0.2) is 14.5 Å². The summed E-state index contributed by atoms with van der Waals surface area (Å²) in [5, 5.41) is 6.86. The lowest BCUT2D eigenvalue weighted by Crippen LogP contribution is -2.34. The van der Waals surface area contributed by atoms with Crippen molar-refractivity contribution in [3.8, 4) is 17.1 Å². The Bertz CT molecular complexity index is 1380. The number of pyridine rings is 1. The van der Waals surface area contributed by atoms with Crippen LogP contribution in [0.15, 0.2) is 61.1 Å². The molecule has 1 aliphatic heterocycles. The number of rotatable bonds is 5. The number of benzene rings is 1. The number of imidazole rings is 1. The molecular weight excluding hydrogens is 446 g/mol. The molecule has 1 aliphatic rings. The van der Waals surface area contributed by atoms with Crippen molar-refractivity contribution in [1.82, 2.24) is 29.0 Å². The number of hydrogen-bond donors (Lipinski definition) is 1. The summed E-state index contributed by atoms with van der Waals surface area (Å²) in [6.07, 6.45) is 5.37. The molecule has 3 aromatic heterocycles. The highest BCUT2D eigenvalue weighted by Crippen LogP contribution is 2.24. The van der Waals surface area contributed by atoms with Crippen LogP contribution in [-0.4, -0.2) is 74.2 Å². The SMILES string of the molecule is CN(C)C1CCN(C(=O)c2cnn(C)c2OC(=O)Nc2ccn3cc(-c4ccccc4)nc3c2)C1. The van der Waals surface area contributed by atoms with Crippen molar-refractivity contribution in [2.24, 2.45) is 7.05 Å². The molecule has 1 N–H and O–H groups in total. The van der Waals surface area contributed by atoms with Crippen LogP contribution in [0.1, 0.15) is 16.8 Å². The zero-order valence-electron chi connectivity index (χ0n) is 19.9. The van der Waals surface area contributed by atoms with E-state index in [9.17, 15) is 9.59 Å². The number of fused-ring (bicyclic) bond motifs is 1. The summed E-state index contributed by atoms with van der Waals surface area (Å²) < 4.78 is 8.80. The number of likely N-dealkylation sites (tertiary alicyclic amines) is 1. The van der Waals surface area contributed by atoms with Crippen LogP contribution in [0.25, 0.3) is 16.9 Å². The van der Waals surface area contributed by atoms with Crippen molar-refractivity contribution in [2.75, 3.05) is 32.5 Å². The van der Waals surface area contributed by atoms with E-state index in [0.29, 0.717) is 30.5 Å². The van der Waals surface area contributed by atoms with Crippen molar-refractivity contribution in [3.63, 3.8) is 0 Å². The molecule has 1 fully saturated rings. The fourth-order valence-electron chi connectivity index (χ4n) is 4.25. The summed E-state index contributed by atoms with van der Waals surface area (Å²) in [7, 11) is 5.64. The van der Waals surface area contributed by atoms with Gasteiger partial charge in [0.05, 0.1) is 11.9 Å². The van der Waals surface area contributed by atoms with Gasteiger partial charge in [-0.2, -0.15) is 5.10 Å². The predicted molar refractivity (Wildman–Crippen MR) is 131 cm³/mol. The number of aryl methyl sites for hydroxylation is 1. The molecule has 35 heavy (non-hydrogen) atoms. The first-order valence-electron chi connectivity index (χ1n) is 11.4. The fraction of sp³-hybridized carbons (Fsp3) is 0.280. The molecule has 4 heterocycles. The zero-order chi connectivity index (χ0) is 24.5. The second-order valence-electron chi connectivity index (χ2n) is 8.83. The van der Waals surface area contributed by atoms with Gasteiger partial charge in [-0.1, -0.05) is 30.3 Å². The third kappa shape index (κ3) is 4.60. The molecule has 0 radical (unpaired) electrons. The first kappa shape index (κ1) is 22.6. The lowest BCUT2D eigenvalue weighted by molar-refractivity contribution is 0.0780. The number of nitrogens with one attached hydrogen (secondary N) is 1. The Kier molecular flexibility index (Phi) is 5.96. The topological polar surface area (TPSA) is 97.0 Å². The van der Waals surface area contributed by atoms with Gasteiger partial charge in [0.15, 0.2) is 0 Å². The maximum Gasteiger partial charge on any atom is 0.418 e. The lowest BCUT2D eigenvalue weighted by Gasteiger charge is -2.20. The van der Waals surface area contributed by atoms with E-state index < -0.39 is 6.09 Å². The number of carbonyl (C=O) groups excluding carboxylic acids is 2. The van der Waals surface area contributed by atoms with Gasteiger partial charge in [0.25, 0.3) is 5.91 Å². The Morgan fingerprint density at radius 2 is 1.97 bits per heavy atom. The molecule has 10 nitrogen and oxygen atoms in total. The molecule has 180 valence electrons. The van der Waals surface area contributed by atoms with Crippen LogP contribution >= 0.6 is 0 Å². The van der Waals surface area contributed by atoms with Crippen molar-refractivity contribution in [1.29, 1.82) is 0 Å². The molecule has 10 heteroatoms. The number of likely N-dealkylation sites (N-methyl/N-ethyl adjacent to an activating group) is 1. The van der Waals surface area contributed by atoms with E-state index in [2.05, 4.69) is 20.3 Å². The van der Waals surface area contributed by atoms with Gasteiger partial charge in [-0.15, -0.1) is 0 Å². The number of aromatic nitrogens is 4. The summed E-state index contributed by atoms with van der Waals surface area (Å²) in [6, 6.07) is 13.7. The second-order valence-corrected chi connectivity index (χ2v) is 8.83. The highest BCUT2D eigenvalue weighted by molar-refractivity contribution is 5.98. The molecule has 0 bridgehead atoms. The van der Waals surface area contributed by atoms with Gasteiger partial charge in [-0.05, 0) is 26.6 Å². The summed E-state index contributed by atoms with van der Waals surface area (Å²) in [5.41, 5.74) is 3.31. The summed E-state index contributed by atoms with van der Waals surface area (Å²) >= 11 is 0. The van der Waals surface area contributed by atoms with Crippen LogP contribution < -0.4 is 10.1 Å². The van der Waals surface area contributed by atoms with E-state index in [1.54, 1.807) is 24.1 Å². The first-order valence-corrected chi connectivity index (χ1v) is 11.4. The van der Waals surface area contributed by atoms with Crippen LogP contribution in [0, 0.1) is 0 Å². The van der Waals surface area contributed by atoms with E-state index in [1.807, 2.05) is 61.2 Å². The Hall–Kier alpha value is -4.18. The van der Waals surface area contributed by atoms with Crippen LogP contribution in [0.5, 0.6) is 5.88 Å². The van der Waals surface area contributed by atoms with Gasteiger partial charge < -0.3 is 18.9 Å². The minimum Gasteiger partial charge on any atom is -0.390 e. The molecule has 0 aliphatic carbocycles. The average Bonchev–Trinajstić information content (AvgIpc) is 3.58. The van der Waals surface area contributed by atoms with Gasteiger partial charge >= 0.3 is 6.09 Å². The highest BCUT2D eigenvalue weighted by Gasteiger charge is 2.31. The quantitative estimate of drug-likeness (QED) is 0.478. The molecular formula is C25H27N7O3. The number of hydrogen-bond acceptors (Lipinski definition) is 6. The number of ether oxygens (including phenoxy) is 1. The molecule has 1 atom stereocenters. The van der Waals surface area contributed by atoms with E-state index in [0.717, 1.165) is 17.7 Å². The average molecular weight is 474 g/mol. The molecule has 1 aromatic carbocycles. The molecule has 1 saturated heterocycles. The van der Waals surface area contributed by atoms with Gasteiger partial charge in [-0.3, -0.25) is 10.1 Å². The van der Waals surface area contributed by atoms with Crippen molar-refractivity contribution < 1.29 is 14.3 Å². The monoisotopic (exact) mass is 473 g/mol. The molecule has 2 amide bonds. The van der Waals surface area contributed by atoms with E-state index >= 15 is 0 Å². The Balaban J connectivity index is 1.29. The van der Waals surface area contributed by atoms with E-state index in [1.165, 1.54) is 10.9 Å². The first-order chi connectivity index (χ1) is 16.9. The van der Waals surface area contributed by atoms with Crippen LogP contribution in [0.4, 0.5) is 10.5 Å². The minimum atomic E-state index is -0.713. The maximum atomic E-state index is 13.1. The number of anilines is 1. The molecule has 0 spiro atoms. The Morgan fingerprint density at radius 1 is 1.17 bits per heavy atom. The zero-order valence-corrected chi connectivity index (χ0v) is 19.9. The normalized spacial score (nSPS) is 15.7.